The van der Waals surface area contributed by atoms with Crippen LogP contribution in [0.25, 0.3) is 11.1 Å². The lowest BCUT2D eigenvalue weighted by molar-refractivity contribution is -0.140. The lowest BCUT2D eigenvalue weighted by atomic mass is 9.76. The van der Waals surface area contributed by atoms with E-state index in [-0.39, 0.29) is 23.9 Å². The Morgan fingerprint density at radius 2 is 1.55 bits per heavy atom. The quantitative estimate of drug-likeness (QED) is 0.688. The molecule has 0 saturated carbocycles. The molecule has 0 bridgehead atoms. The zero-order valence-corrected chi connectivity index (χ0v) is 17.4. The second-order valence-corrected chi connectivity index (χ2v) is 8.71. The molecule has 1 amide bonds. The molecule has 1 aliphatic rings. The Hall–Kier alpha value is -2.82. The fourth-order valence-corrected chi connectivity index (χ4v) is 3.74. The molecule has 154 valence electrons. The van der Waals surface area contributed by atoms with Gasteiger partial charge in [0.15, 0.2) is 0 Å². The standard InChI is InChI=1S/C24H29NO4/c1-15(2)24(3,4)13-21(22(26)27)25-23(28)29-14-20-18-11-7-5-9-16(18)17-10-6-8-12-19(17)20/h5-12,15,20-21H,13-14H2,1-4H3,(H,25,28)(H,26,27)/t21-/m0/s1. The number of fused-ring (bicyclic) bond motifs is 3. The van der Waals surface area contributed by atoms with Crippen LogP contribution in [0, 0.1) is 11.3 Å². The van der Waals surface area contributed by atoms with Crippen molar-refractivity contribution in [2.75, 3.05) is 6.61 Å². The summed E-state index contributed by atoms with van der Waals surface area (Å²) in [5.41, 5.74) is 4.33. The Morgan fingerprint density at radius 1 is 1.03 bits per heavy atom. The molecule has 0 radical (unpaired) electrons. The molecular weight excluding hydrogens is 366 g/mol. The van der Waals surface area contributed by atoms with Crippen LogP contribution in [0.5, 0.6) is 0 Å². The summed E-state index contributed by atoms with van der Waals surface area (Å²) in [7, 11) is 0. The normalized spacial score (nSPS) is 14.2. The monoisotopic (exact) mass is 395 g/mol. The van der Waals surface area contributed by atoms with Gasteiger partial charge in [-0.1, -0.05) is 76.2 Å². The first-order valence-corrected chi connectivity index (χ1v) is 10.0. The van der Waals surface area contributed by atoms with Gasteiger partial charge in [-0.3, -0.25) is 0 Å². The summed E-state index contributed by atoms with van der Waals surface area (Å²) in [6, 6.07) is 15.2. The van der Waals surface area contributed by atoms with Crippen molar-refractivity contribution in [2.45, 2.75) is 46.1 Å². The summed E-state index contributed by atoms with van der Waals surface area (Å²) in [5, 5.41) is 12.1. The van der Waals surface area contributed by atoms with Gasteiger partial charge in [0, 0.05) is 5.92 Å². The number of alkyl carbamates (subject to hydrolysis) is 1. The molecule has 2 N–H and O–H groups in total. The highest BCUT2D eigenvalue weighted by molar-refractivity contribution is 5.81. The number of amides is 1. The number of ether oxygens (including phenoxy) is 1. The third-order valence-electron chi connectivity index (χ3n) is 6.23. The minimum Gasteiger partial charge on any atom is -0.480 e. The molecule has 0 saturated heterocycles. The fourth-order valence-electron chi connectivity index (χ4n) is 3.74. The van der Waals surface area contributed by atoms with Gasteiger partial charge in [-0.25, -0.2) is 9.59 Å². The third-order valence-corrected chi connectivity index (χ3v) is 6.23. The van der Waals surface area contributed by atoms with Crippen LogP contribution in [0.3, 0.4) is 0 Å². The molecule has 0 spiro atoms. The molecule has 5 heteroatoms. The van der Waals surface area contributed by atoms with E-state index >= 15 is 0 Å². The van der Waals surface area contributed by atoms with Crippen molar-refractivity contribution in [1.82, 2.24) is 5.32 Å². The zero-order chi connectivity index (χ0) is 21.2. The van der Waals surface area contributed by atoms with Crippen LogP contribution in [0.4, 0.5) is 4.79 Å². The maximum atomic E-state index is 12.4. The van der Waals surface area contributed by atoms with Crippen molar-refractivity contribution < 1.29 is 19.4 Å². The van der Waals surface area contributed by atoms with Crippen LogP contribution < -0.4 is 5.32 Å². The summed E-state index contributed by atoms with van der Waals surface area (Å²) in [5.74, 6) is -0.815. The number of aliphatic carboxylic acids is 1. The van der Waals surface area contributed by atoms with Crippen LogP contribution in [0.2, 0.25) is 0 Å². The number of benzene rings is 2. The number of carboxylic acids is 1. The van der Waals surface area contributed by atoms with E-state index in [9.17, 15) is 14.7 Å². The lowest BCUT2D eigenvalue weighted by Crippen LogP contribution is -2.44. The number of rotatable bonds is 7. The average molecular weight is 395 g/mol. The molecule has 29 heavy (non-hydrogen) atoms. The summed E-state index contributed by atoms with van der Waals surface area (Å²) in [6.07, 6.45) is -0.358. The van der Waals surface area contributed by atoms with Crippen molar-refractivity contribution in [3.63, 3.8) is 0 Å². The highest BCUT2D eigenvalue weighted by Gasteiger charge is 2.33. The summed E-state index contributed by atoms with van der Waals surface area (Å²) < 4.78 is 5.48. The van der Waals surface area contributed by atoms with Crippen LogP contribution in [0.1, 0.15) is 51.2 Å². The van der Waals surface area contributed by atoms with Crippen molar-refractivity contribution in [2.24, 2.45) is 11.3 Å². The molecule has 2 aromatic carbocycles. The lowest BCUT2D eigenvalue weighted by Gasteiger charge is -2.32. The van der Waals surface area contributed by atoms with Crippen LogP contribution in [-0.4, -0.2) is 29.8 Å². The van der Waals surface area contributed by atoms with Crippen molar-refractivity contribution in [1.29, 1.82) is 0 Å². The third kappa shape index (κ3) is 4.44. The van der Waals surface area contributed by atoms with Crippen LogP contribution in [-0.2, 0) is 9.53 Å². The van der Waals surface area contributed by atoms with E-state index in [0.717, 1.165) is 22.3 Å². The SMILES string of the molecule is CC(C)C(C)(C)C[C@H](NC(=O)OCC1c2ccccc2-c2ccccc21)C(=O)O. The molecule has 0 aromatic heterocycles. The predicted molar refractivity (Wildman–Crippen MR) is 113 cm³/mol. The molecule has 0 unspecified atom stereocenters. The average Bonchev–Trinajstić information content (AvgIpc) is 2.99. The van der Waals surface area contributed by atoms with E-state index in [4.69, 9.17) is 4.74 Å². The number of hydrogen-bond donors (Lipinski definition) is 2. The topological polar surface area (TPSA) is 75.6 Å². The van der Waals surface area contributed by atoms with Crippen LogP contribution >= 0.6 is 0 Å². The minimum atomic E-state index is -1.05. The Balaban J connectivity index is 1.68. The number of carbonyl (C=O) groups excluding carboxylic acids is 1. The van der Waals surface area contributed by atoms with E-state index < -0.39 is 18.1 Å². The van der Waals surface area contributed by atoms with Gasteiger partial charge >= 0.3 is 12.1 Å². The Kier molecular flexibility index (Phi) is 5.96. The van der Waals surface area contributed by atoms with Gasteiger partial charge < -0.3 is 15.2 Å². The minimum absolute atomic E-state index is 0.0523. The maximum Gasteiger partial charge on any atom is 0.407 e. The van der Waals surface area contributed by atoms with Gasteiger partial charge in [0.2, 0.25) is 0 Å². The molecule has 1 atom stereocenters. The summed E-state index contributed by atoms with van der Waals surface area (Å²) in [4.78, 5) is 24.1. The number of hydrogen-bond acceptors (Lipinski definition) is 3. The van der Waals surface area contributed by atoms with Gasteiger partial charge in [0.05, 0.1) is 0 Å². The van der Waals surface area contributed by atoms with Gasteiger partial charge in [0.25, 0.3) is 0 Å². The zero-order valence-electron chi connectivity index (χ0n) is 17.4. The number of carbonyl (C=O) groups is 2. The summed E-state index contributed by atoms with van der Waals surface area (Å²) >= 11 is 0. The smallest absolute Gasteiger partial charge is 0.407 e. The highest BCUT2D eigenvalue weighted by atomic mass is 16.5. The van der Waals surface area contributed by atoms with E-state index in [1.165, 1.54) is 0 Å². The van der Waals surface area contributed by atoms with E-state index in [1.54, 1.807) is 0 Å². The number of carboxylic acid groups (broad SMARTS) is 1. The largest absolute Gasteiger partial charge is 0.480 e. The maximum absolute atomic E-state index is 12.4. The molecule has 3 rings (SSSR count). The molecular formula is C24H29NO4. The first kappa shape index (κ1) is 20.9. The molecule has 0 heterocycles. The van der Waals surface area contributed by atoms with Crippen LogP contribution in [0.15, 0.2) is 48.5 Å². The van der Waals surface area contributed by atoms with Crippen molar-refractivity contribution >= 4 is 12.1 Å². The van der Waals surface area contributed by atoms with Gasteiger partial charge in [-0.2, -0.15) is 0 Å². The fraction of sp³-hybridized carbons (Fsp3) is 0.417. The molecule has 2 aromatic rings. The van der Waals surface area contributed by atoms with Crippen molar-refractivity contribution in [3.05, 3.63) is 59.7 Å². The van der Waals surface area contributed by atoms with Gasteiger partial charge in [0.1, 0.15) is 12.6 Å². The van der Waals surface area contributed by atoms with E-state index in [2.05, 4.69) is 17.4 Å². The van der Waals surface area contributed by atoms with Gasteiger partial charge in [-0.05, 0) is 40.0 Å². The molecule has 0 fully saturated rings. The van der Waals surface area contributed by atoms with Gasteiger partial charge in [-0.15, -0.1) is 0 Å². The van der Waals surface area contributed by atoms with E-state index in [1.807, 2.05) is 64.1 Å². The van der Waals surface area contributed by atoms with E-state index in [0.29, 0.717) is 6.42 Å². The Labute approximate surface area is 172 Å². The molecule has 1 aliphatic carbocycles. The predicted octanol–water partition coefficient (Wildman–Crippen LogP) is 5.05. The Bertz CT molecular complexity index is 858. The second kappa shape index (κ2) is 8.27. The first-order chi connectivity index (χ1) is 13.7. The highest BCUT2D eigenvalue weighted by Crippen LogP contribution is 2.44. The Morgan fingerprint density at radius 3 is 2.03 bits per heavy atom. The summed E-state index contributed by atoms with van der Waals surface area (Å²) in [6.45, 7) is 8.28. The first-order valence-electron chi connectivity index (χ1n) is 10.0. The molecule has 5 nitrogen and oxygen atoms in total. The second-order valence-electron chi connectivity index (χ2n) is 8.71. The number of nitrogens with one attached hydrogen (secondary N) is 1. The van der Waals surface area contributed by atoms with Crippen molar-refractivity contribution in [3.8, 4) is 11.1 Å². The molecule has 0 aliphatic heterocycles.